The van der Waals surface area contributed by atoms with Gasteiger partial charge in [0.2, 0.25) is 5.88 Å². The zero-order valence-electron chi connectivity index (χ0n) is 20.9. The summed E-state index contributed by atoms with van der Waals surface area (Å²) >= 11 is 6.04. The van der Waals surface area contributed by atoms with E-state index in [2.05, 4.69) is 9.71 Å². The SMILES string of the molecule is COCCOC1CCCC(NS(=O)(=O)N(Cc2ccccc2)C(=O)O)C(Oc2ncc(C(F)(F)F)cc2Cl)C1. The normalized spacial score (nSPS) is 20.3. The molecule has 3 unspecified atom stereocenters. The predicted molar refractivity (Wildman–Crippen MR) is 135 cm³/mol. The number of aromatic nitrogens is 1. The van der Waals surface area contributed by atoms with Gasteiger partial charge in [-0.2, -0.15) is 30.6 Å². The van der Waals surface area contributed by atoms with Crippen molar-refractivity contribution >= 4 is 27.9 Å². The van der Waals surface area contributed by atoms with Gasteiger partial charge in [0, 0.05) is 19.7 Å². The summed E-state index contributed by atoms with van der Waals surface area (Å²) in [7, 11) is -3.09. The summed E-state index contributed by atoms with van der Waals surface area (Å²) in [4.78, 5) is 15.6. The number of benzene rings is 1. The highest BCUT2D eigenvalue weighted by atomic mass is 35.5. The molecule has 0 spiro atoms. The van der Waals surface area contributed by atoms with E-state index in [0.29, 0.717) is 37.3 Å². The van der Waals surface area contributed by atoms with Crippen molar-refractivity contribution in [2.24, 2.45) is 0 Å². The van der Waals surface area contributed by atoms with Gasteiger partial charge >= 0.3 is 22.5 Å². The molecule has 15 heteroatoms. The third-order valence-electron chi connectivity index (χ3n) is 6.00. The van der Waals surface area contributed by atoms with Crippen LogP contribution in [-0.4, -0.2) is 67.5 Å². The number of hydrogen-bond acceptors (Lipinski definition) is 7. The van der Waals surface area contributed by atoms with Gasteiger partial charge in [0.05, 0.1) is 37.5 Å². The number of nitrogens with zero attached hydrogens (tertiary/aromatic N) is 2. The monoisotopic (exact) mass is 595 g/mol. The first-order valence-electron chi connectivity index (χ1n) is 12.0. The van der Waals surface area contributed by atoms with Gasteiger partial charge in [0.15, 0.2) is 0 Å². The average molecular weight is 596 g/mol. The van der Waals surface area contributed by atoms with Crippen molar-refractivity contribution in [2.45, 2.75) is 56.7 Å². The third kappa shape index (κ3) is 8.93. The highest BCUT2D eigenvalue weighted by Gasteiger charge is 2.38. The topological polar surface area (TPSA) is 127 Å². The first-order valence-corrected chi connectivity index (χ1v) is 13.8. The molecule has 1 amide bonds. The molecule has 1 aliphatic carbocycles. The molecule has 0 aliphatic heterocycles. The standard InChI is InChI=1S/C24H29ClF3N3O7S/c1-36-10-11-37-18-8-5-9-20(21(13-18)38-22-19(25)12-17(14-29-22)24(26,27)28)30-39(34,35)31(23(32)33)15-16-6-3-2-4-7-16/h2-4,6-7,12,14,18,20-21,30H,5,8-11,13,15H2,1H3,(H,32,33). The van der Waals surface area contributed by atoms with E-state index in [1.54, 1.807) is 30.3 Å². The minimum Gasteiger partial charge on any atom is -0.471 e. The quantitative estimate of drug-likeness (QED) is 0.287. The first-order chi connectivity index (χ1) is 18.4. The second kappa shape index (κ2) is 13.6. The number of methoxy groups -OCH3 is 1. The Labute approximate surface area is 229 Å². The molecule has 3 atom stereocenters. The van der Waals surface area contributed by atoms with E-state index in [1.807, 2.05) is 0 Å². The minimum absolute atomic E-state index is 0.127. The van der Waals surface area contributed by atoms with Gasteiger partial charge in [-0.1, -0.05) is 41.9 Å². The summed E-state index contributed by atoms with van der Waals surface area (Å²) < 4.78 is 85.0. The molecule has 10 nitrogen and oxygen atoms in total. The van der Waals surface area contributed by atoms with Crippen molar-refractivity contribution in [3.8, 4) is 5.88 Å². The fraction of sp³-hybridized carbons (Fsp3) is 0.500. The fourth-order valence-electron chi connectivity index (χ4n) is 4.08. The molecule has 1 fully saturated rings. The lowest BCUT2D eigenvalue weighted by molar-refractivity contribution is -0.137. The largest absolute Gasteiger partial charge is 0.471 e. The molecule has 2 aromatic rings. The van der Waals surface area contributed by atoms with Crippen molar-refractivity contribution < 1.29 is 45.7 Å². The second-order valence-electron chi connectivity index (χ2n) is 8.82. The van der Waals surface area contributed by atoms with E-state index in [1.165, 1.54) is 7.11 Å². The zero-order valence-corrected chi connectivity index (χ0v) is 22.5. The average Bonchev–Trinajstić information content (AvgIpc) is 3.05. The molecule has 39 heavy (non-hydrogen) atoms. The summed E-state index contributed by atoms with van der Waals surface area (Å²) in [5, 5.41) is 9.26. The van der Waals surface area contributed by atoms with Crippen LogP contribution in [0.3, 0.4) is 0 Å². The molecule has 1 aliphatic rings. The Morgan fingerprint density at radius 1 is 1.23 bits per heavy atom. The van der Waals surface area contributed by atoms with Crippen LogP contribution in [-0.2, 0) is 32.4 Å². The van der Waals surface area contributed by atoms with Crippen molar-refractivity contribution in [3.63, 3.8) is 0 Å². The molecule has 3 rings (SSSR count). The highest BCUT2D eigenvalue weighted by Crippen LogP contribution is 2.34. The van der Waals surface area contributed by atoms with E-state index >= 15 is 0 Å². The predicted octanol–water partition coefficient (Wildman–Crippen LogP) is 4.49. The maximum Gasteiger partial charge on any atom is 0.422 e. The molecule has 0 radical (unpaired) electrons. The number of carboxylic acid groups (broad SMARTS) is 1. The Morgan fingerprint density at radius 2 is 1.95 bits per heavy atom. The third-order valence-corrected chi connectivity index (χ3v) is 7.73. The number of hydrogen-bond donors (Lipinski definition) is 2. The van der Waals surface area contributed by atoms with Crippen LogP contribution in [0.4, 0.5) is 18.0 Å². The molecule has 1 saturated carbocycles. The second-order valence-corrected chi connectivity index (χ2v) is 10.9. The smallest absolute Gasteiger partial charge is 0.422 e. The van der Waals surface area contributed by atoms with E-state index in [4.69, 9.17) is 25.8 Å². The molecular formula is C24H29ClF3N3O7S. The Bertz CT molecular complexity index is 1210. The maximum atomic E-state index is 13.2. The summed E-state index contributed by atoms with van der Waals surface area (Å²) in [6, 6.07) is 7.87. The molecule has 1 aromatic heterocycles. The lowest BCUT2D eigenvalue weighted by atomic mass is 10.1. The number of rotatable bonds is 11. The number of carbonyl (C=O) groups is 1. The van der Waals surface area contributed by atoms with Crippen molar-refractivity contribution in [1.82, 2.24) is 14.0 Å². The number of amides is 1. The van der Waals surface area contributed by atoms with Gasteiger partial charge in [-0.05, 0) is 30.9 Å². The van der Waals surface area contributed by atoms with Gasteiger partial charge in [-0.3, -0.25) is 0 Å². The number of halogens is 4. The van der Waals surface area contributed by atoms with Gasteiger partial charge < -0.3 is 19.3 Å². The van der Waals surface area contributed by atoms with Crippen LogP contribution >= 0.6 is 11.6 Å². The lowest BCUT2D eigenvalue weighted by Crippen LogP contribution is -2.52. The number of nitrogens with one attached hydrogen (secondary N) is 1. The first kappa shape index (κ1) is 30.9. The van der Waals surface area contributed by atoms with Crippen LogP contribution in [0.15, 0.2) is 42.6 Å². The molecule has 1 aromatic carbocycles. The Morgan fingerprint density at radius 3 is 2.56 bits per heavy atom. The number of pyridine rings is 1. The summed E-state index contributed by atoms with van der Waals surface area (Å²) in [6.45, 7) is 0.143. The van der Waals surface area contributed by atoms with Crippen molar-refractivity contribution in [3.05, 3.63) is 58.7 Å². The van der Waals surface area contributed by atoms with Crippen molar-refractivity contribution in [1.29, 1.82) is 0 Å². The molecule has 1 heterocycles. The van der Waals surface area contributed by atoms with Crippen LogP contribution in [0.1, 0.15) is 36.8 Å². The van der Waals surface area contributed by atoms with E-state index in [0.717, 1.165) is 0 Å². The van der Waals surface area contributed by atoms with Crippen LogP contribution in [0, 0.1) is 0 Å². The zero-order chi connectivity index (χ0) is 28.6. The van der Waals surface area contributed by atoms with Gasteiger partial charge in [-0.15, -0.1) is 0 Å². The Kier molecular flexibility index (Phi) is 10.8. The molecule has 0 bridgehead atoms. The van der Waals surface area contributed by atoms with E-state index < -0.39 is 57.9 Å². The molecule has 216 valence electrons. The van der Waals surface area contributed by atoms with Crippen LogP contribution < -0.4 is 9.46 Å². The van der Waals surface area contributed by atoms with Gasteiger partial charge in [0.1, 0.15) is 11.1 Å². The van der Waals surface area contributed by atoms with Crippen LogP contribution in [0.2, 0.25) is 5.02 Å². The molecule has 2 N–H and O–H groups in total. The fourth-order valence-corrected chi connectivity index (χ4v) is 5.59. The number of ether oxygens (including phenoxy) is 3. The maximum absolute atomic E-state index is 13.2. The number of alkyl halides is 3. The summed E-state index contributed by atoms with van der Waals surface area (Å²) in [6.07, 6.45) is -5.81. The van der Waals surface area contributed by atoms with Crippen LogP contribution in [0.25, 0.3) is 0 Å². The molecular weight excluding hydrogens is 567 g/mol. The summed E-state index contributed by atoms with van der Waals surface area (Å²) in [5.41, 5.74) is -0.622. The van der Waals surface area contributed by atoms with Crippen LogP contribution in [0.5, 0.6) is 5.88 Å². The van der Waals surface area contributed by atoms with Gasteiger partial charge in [0.25, 0.3) is 0 Å². The van der Waals surface area contributed by atoms with Gasteiger partial charge in [-0.25, -0.2) is 9.78 Å². The van der Waals surface area contributed by atoms with E-state index in [9.17, 15) is 31.5 Å². The molecule has 0 saturated heterocycles. The van der Waals surface area contributed by atoms with Crippen molar-refractivity contribution in [2.75, 3.05) is 20.3 Å². The summed E-state index contributed by atoms with van der Waals surface area (Å²) in [5.74, 6) is -0.323. The minimum atomic E-state index is -4.67. The Hall–Kier alpha value is -2.65. The lowest BCUT2D eigenvalue weighted by Gasteiger charge is -2.30. The highest BCUT2D eigenvalue weighted by molar-refractivity contribution is 7.87. The Balaban J connectivity index is 1.87. The van der Waals surface area contributed by atoms with E-state index in [-0.39, 0.29) is 29.6 Å².